The third-order valence-corrected chi connectivity index (χ3v) is 4.62. The molecule has 1 saturated heterocycles. The van der Waals surface area contributed by atoms with Gasteiger partial charge >= 0.3 is 0 Å². The van der Waals surface area contributed by atoms with E-state index in [2.05, 4.69) is 48.2 Å². The average molecular weight is 268 g/mol. The van der Waals surface area contributed by atoms with E-state index in [1.165, 1.54) is 54.3 Å². The summed E-state index contributed by atoms with van der Waals surface area (Å²) in [6, 6.07) is 13.9. The third-order valence-electron chi connectivity index (χ3n) is 4.62. The van der Waals surface area contributed by atoms with Crippen LogP contribution in [0.5, 0.6) is 0 Å². The summed E-state index contributed by atoms with van der Waals surface area (Å²) in [6.07, 6.45) is 5.23. The van der Waals surface area contributed by atoms with Crippen LogP contribution in [0.4, 0.5) is 5.69 Å². The summed E-state index contributed by atoms with van der Waals surface area (Å²) in [4.78, 5) is 2.62. The molecule has 1 atom stereocenters. The lowest BCUT2D eigenvalue weighted by Gasteiger charge is -2.38. The lowest BCUT2D eigenvalue weighted by Crippen LogP contribution is -2.39. The number of nitrogens with zero attached hydrogens (tertiary/aromatic N) is 1. The van der Waals surface area contributed by atoms with Crippen LogP contribution in [-0.2, 0) is 6.54 Å². The van der Waals surface area contributed by atoms with E-state index in [0.717, 1.165) is 0 Å². The van der Waals surface area contributed by atoms with Crippen molar-refractivity contribution in [2.45, 2.75) is 45.2 Å². The Morgan fingerprint density at radius 2 is 1.90 bits per heavy atom. The number of benzene rings is 2. The second-order valence-corrected chi connectivity index (χ2v) is 5.74. The SMILES string of the molecule is CCC1CCCCN1c1ccc(CN)c2ccccc12. The fourth-order valence-corrected chi connectivity index (χ4v) is 3.52. The lowest BCUT2D eigenvalue weighted by molar-refractivity contribution is 0.451. The van der Waals surface area contributed by atoms with Gasteiger partial charge in [-0.3, -0.25) is 0 Å². The van der Waals surface area contributed by atoms with Gasteiger partial charge in [0.15, 0.2) is 0 Å². The maximum Gasteiger partial charge on any atom is 0.0448 e. The molecule has 2 aromatic carbocycles. The molecule has 2 nitrogen and oxygen atoms in total. The highest BCUT2D eigenvalue weighted by Gasteiger charge is 2.22. The molecule has 0 aromatic heterocycles. The molecule has 2 N–H and O–H groups in total. The van der Waals surface area contributed by atoms with Gasteiger partial charge < -0.3 is 10.6 Å². The highest BCUT2D eigenvalue weighted by atomic mass is 15.2. The third kappa shape index (κ3) is 2.29. The summed E-state index contributed by atoms with van der Waals surface area (Å²) >= 11 is 0. The Morgan fingerprint density at radius 1 is 1.10 bits per heavy atom. The van der Waals surface area contributed by atoms with Crippen LogP contribution in [0.25, 0.3) is 10.8 Å². The Balaban J connectivity index is 2.11. The van der Waals surface area contributed by atoms with E-state index in [1.807, 2.05) is 0 Å². The van der Waals surface area contributed by atoms with Gasteiger partial charge in [0.25, 0.3) is 0 Å². The quantitative estimate of drug-likeness (QED) is 0.909. The van der Waals surface area contributed by atoms with Crippen molar-refractivity contribution in [2.24, 2.45) is 5.73 Å². The van der Waals surface area contributed by atoms with E-state index in [0.29, 0.717) is 12.6 Å². The van der Waals surface area contributed by atoms with Crippen molar-refractivity contribution in [1.29, 1.82) is 0 Å². The number of rotatable bonds is 3. The van der Waals surface area contributed by atoms with Gasteiger partial charge in [0.05, 0.1) is 0 Å². The molecule has 1 heterocycles. The second-order valence-electron chi connectivity index (χ2n) is 5.74. The van der Waals surface area contributed by atoms with E-state index in [1.54, 1.807) is 0 Å². The van der Waals surface area contributed by atoms with Crippen molar-refractivity contribution in [1.82, 2.24) is 0 Å². The van der Waals surface area contributed by atoms with Gasteiger partial charge in [-0.2, -0.15) is 0 Å². The molecule has 20 heavy (non-hydrogen) atoms. The Hall–Kier alpha value is -1.54. The maximum absolute atomic E-state index is 5.88. The molecule has 2 heteroatoms. The Kier molecular flexibility index (Phi) is 3.93. The largest absolute Gasteiger partial charge is 0.368 e. The highest BCUT2D eigenvalue weighted by molar-refractivity contribution is 5.96. The average Bonchev–Trinajstić information content (AvgIpc) is 2.53. The van der Waals surface area contributed by atoms with Crippen LogP contribution in [-0.4, -0.2) is 12.6 Å². The lowest BCUT2D eigenvalue weighted by atomic mass is 9.96. The van der Waals surface area contributed by atoms with Gasteiger partial charge in [-0.05, 0) is 42.7 Å². The molecular formula is C18H24N2. The van der Waals surface area contributed by atoms with Crippen LogP contribution in [0.3, 0.4) is 0 Å². The van der Waals surface area contributed by atoms with E-state index < -0.39 is 0 Å². The van der Waals surface area contributed by atoms with Crippen molar-refractivity contribution in [2.75, 3.05) is 11.4 Å². The van der Waals surface area contributed by atoms with Gasteiger partial charge in [0.2, 0.25) is 0 Å². The fourth-order valence-electron chi connectivity index (χ4n) is 3.52. The Bertz CT molecular complexity index is 591. The number of nitrogens with two attached hydrogens (primary N) is 1. The van der Waals surface area contributed by atoms with Crippen molar-refractivity contribution in [3.63, 3.8) is 0 Å². The van der Waals surface area contributed by atoms with E-state index in [-0.39, 0.29) is 0 Å². The van der Waals surface area contributed by atoms with Crippen molar-refractivity contribution < 1.29 is 0 Å². The summed E-state index contributed by atoms with van der Waals surface area (Å²) in [5.74, 6) is 0. The number of hydrogen-bond acceptors (Lipinski definition) is 2. The normalized spacial score (nSPS) is 19.5. The van der Waals surface area contributed by atoms with E-state index in [9.17, 15) is 0 Å². The van der Waals surface area contributed by atoms with Crippen LogP contribution in [0.1, 0.15) is 38.2 Å². The molecule has 2 aromatic rings. The molecule has 1 unspecified atom stereocenters. The number of fused-ring (bicyclic) bond motifs is 1. The van der Waals surface area contributed by atoms with Crippen LogP contribution in [0.2, 0.25) is 0 Å². The van der Waals surface area contributed by atoms with Gasteiger partial charge in [0, 0.05) is 30.2 Å². The number of piperidine rings is 1. The summed E-state index contributed by atoms with van der Waals surface area (Å²) < 4.78 is 0. The predicted molar refractivity (Wildman–Crippen MR) is 87.1 cm³/mol. The van der Waals surface area contributed by atoms with Crippen LogP contribution >= 0.6 is 0 Å². The molecule has 106 valence electrons. The molecule has 0 aliphatic carbocycles. The molecule has 0 radical (unpaired) electrons. The predicted octanol–water partition coefficient (Wildman–Crippen LogP) is 4.07. The van der Waals surface area contributed by atoms with Crippen molar-refractivity contribution >= 4 is 16.5 Å². The summed E-state index contributed by atoms with van der Waals surface area (Å²) in [5.41, 5.74) is 8.52. The van der Waals surface area contributed by atoms with Crippen molar-refractivity contribution in [3.8, 4) is 0 Å². The van der Waals surface area contributed by atoms with Crippen LogP contribution in [0.15, 0.2) is 36.4 Å². The molecule has 3 rings (SSSR count). The van der Waals surface area contributed by atoms with E-state index >= 15 is 0 Å². The molecule has 0 bridgehead atoms. The molecule has 1 aliphatic rings. The minimum absolute atomic E-state index is 0.609. The zero-order chi connectivity index (χ0) is 13.9. The number of hydrogen-bond donors (Lipinski definition) is 1. The van der Waals surface area contributed by atoms with Gasteiger partial charge in [-0.1, -0.05) is 37.3 Å². The summed E-state index contributed by atoms with van der Waals surface area (Å²) in [7, 11) is 0. The zero-order valence-electron chi connectivity index (χ0n) is 12.3. The zero-order valence-corrected chi connectivity index (χ0v) is 12.3. The molecule has 0 amide bonds. The molecule has 0 saturated carbocycles. The van der Waals surface area contributed by atoms with Gasteiger partial charge in [0.1, 0.15) is 0 Å². The maximum atomic E-state index is 5.88. The molecule has 1 fully saturated rings. The molecular weight excluding hydrogens is 244 g/mol. The minimum atomic E-state index is 0.609. The Labute approximate surface area is 121 Å². The highest BCUT2D eigenvalue weighted by Crippen LogP contribution is 2.34. The minimum Gasteiger partial charge on any atom is -0.368 e. The van der Waals surface area contributed by atoms with Gasteiger partial charge in [-0.15, -0.1) is 0 Å². The van der Waals surface area contributed by atoms with Gasteiger partial charge in [-0.25, -0.2) is 0 Å². The second kappa shape index (κ2) is 5.84. The topological polar surface area (TPSA) is 29.3 Å². The number of anilines is 1. The first-order valence-electron chi connectivity index (χ1n) is 7.82. The summed E-state index contributed by atoms with van der Waals surface area (Å²) in [5, 5.41) is 2.67. The van der Waals surface area contributed by atoms with E-state index in [4.69, 9.17) is 5.73 Å². The first-order valence-corrected chi connectivity index (χ1v) is 7.82. The smallest absolute Gasteiger partial charge is 0.0448 e. The standard InChI is InChI=1S/C18H24N2/c1-2-15-7-5-6-12-20(15)18-11-10-14(13-19)16-8-3-4-9-17(16)18/h3-4,8-11,15H,2,5-7,12-13,19H2,1H3. The van der Waals surface area contributed by atoms with Crippen LogP contribution < -0.4 is 10.6 Å². The molecule has 1 aliphatic heterocycles. The first kappa shape index (κ1) is 13.4. The summed E-state index contributed by atoms with van der Waals surface area (Å²) in [6.45, 7) is 4.10. The van der Waals surface area contributed by atoms with Crippen LogP contribution in [0, 0.1) is 0 Å². The van der Waals surface area contributed by atoms with Crippen molar-refractivity contribution in [3.05, 3.63) is 42.0 Å². The monoisotopic (exact) mass is 268 g/mol. The first-order chi connectivity index (χ1) is 9.85. The Morgan fingerprint density at radius 3 is 2.65 bits per heavy atom. The molecule has 0 spiro atoms. The fraction of sp³-hybridized carbons (Fsp3) is 0.444.